The lowest BCUT2D eigenvalue weighted by Crippen LogP contribution is -2.48. The monoisotopic (exact) mass is 260 g/mol. The molecule has 0 saturated carbocycles. The van der Waals surface area contributed by atoms with Gasteiger partial charge in [0.2, 0.25) is 0 Å². The summed E-state index contributed by atoms with van der Waals surface area (Å²) in [7, 11) is 0. The van der Waals surface area contributed by atoms with Crippen LogP contribution < -0.4 is 10.6 Å². The molecule has 1 heterocycles. The maximum Gasteiger partial charge on any atom is 0.00435 e. The fraction of sp³-hybridized carbons (Fsp3) is 0.647. The molecule has 1 aliphatic heterocycles. The SMILES string of the molecule is Cc1cc(C)c(C(C)(C)CNCC2CNC2)c(C)c1. The van der Waals surface area contributed by atoms with Crippen LogP contribution in [0.1, 0.15) is 36.1 Å². The summed E-state index contributed by atoms with van der Waals surface area (Å²) in [6.45, 7) is 15.9. The van der Waals surface area contributed by atoms with Gasteiger partial charge in [-0.1, -0.05) is 31.5 Å². The van der Waals surface area contributed by atoms with Crippen molar-refractivity contribution in [1.82, 2.24) is 10.6 Å². The standard InChI is InChI=1S/C17H28N2/c1-12-6-13(2)16(14(3)7-12)17(4,5)11-19-10-15-8-18-9-15/h6-7,15,18-19H,8-11H2,1-5H3. The Bertz CT molecular complexity index is 422. The number of hydrogen-bond donors (Lipinski definition) is 2. The number of aryl methyl sites for hydroxylation is 3. The van der Waals surface area contributed by atoms with Gasteiger partial charge in [0.05, 0.1) is 0 Å². The Morgan fingerprint density at radius 1 is 1.16 bits per heavy atom. The normalized spacial score (nSPS) is 16.5. The maximum absolute atomic E-state index is 3.66. The highest BCUT2D eigenvalue weighted by atomic mass is 15.0. The molecule has 1 aromatic rings. The van der Waals surface area contributed by atoms with Crippen molar-refractivity contribution in [1.29, 1.82) is 0 Å². The summed E-state index contributed by atoms with van der Waals surface area (Å²) in [4.78, 5) is 0. The van der Waals surface area contributed by atoms with Crippen molar-refractivity contribution < 1.29 is 0 Å². The van der Waals surface area contributed by atoms with Gasteiger partial charge < -0.3 is 10.6 Å². The van der Waals surface area contributed by atoms with Gasteiger partial charge in [-0.3, -0.25) is 0 Å². The van der Waals surface area contributed by atoms with Crippen molar-refractivity contribution in [3.05, 3.63) is 34.4 Å². The van der Waals surface area contributed by atoms with Gasteiger partial charge in [-0.2, -0.15) is 0 Å². The van der Waals surface area contributed by atoms with E-state index in [4.69, 9.17) is 0 Å². The van der Waals surface area contributed by atoms with Crippen molar-refractivity contribution in [2.24, 2.45) is 5.92 Å². The highest BCUT2D eigenvalue weighted by molar-refractivity contribution is 5.42. The van der Waals surface area contributed by atoms with Crippen LogP contribution >= 0.6 is 0 Å². The molecule has 1 aliphatic rings. The Morgan fingerprint density at radius 2 is 1.74 bits per heavy atom. The quantitative estimate of drug-likeness (QED) is 0.850. The highest BCUT2D eigenvalue weighted by Gasteiger charge is 2.25. The minimum absolute atomic E-state index is 0.193. The minimum atomic E-state index is 0.193. The van der Waals surface area contributed by atoms with Crippen molar-refractivity contribution >= 4 is 0 Å². The molecule has 0 amide bonds. The summed E-state index contributed by atoms with van der Waals surface area (Å²) in [6, 6.07) is 4.61. The second kappa shape index (κ2) is 5.64. The molecule has 0 aliphatic carbocycles. The van der Waals surface area contributed by atoms with Crippen LogP contribution in [0.5, 0.6) is 0 Å². The first kappa shape index (κ1) is 14.5. The van der Waals surface area contributed by atoms with Gasteiger partial charge in [0.1, 0.15) is 0 Å². The number of benzene rings is 1. The zero-order valence-corrected chi connectivity index (χ0v) is 13.1. The predicted molar refractivity (Wildman–Crippen MR) is 82.9 cm³/mol. The Labute approximate surface area is 118 Å². The first-order chi connectivity index (χ1) is 8.90. The summed E-state index contributed by atoms with van der Waals surface area (Å²) in [5.41, 5.74) is 5.92. The van der Waals surface area contributed by atoms with Crippen molar-refractivity contribution in [2.75, 3.05) is 26.2 Å². The summed E-state index contributed by atoms with van der Waals surface area (Å²) in [5.74, 6) is 0.830. The molecule has 1 fully saturated rings. The predicted octanol–water partition coefficient (Wildman–Crippen LogP) is 2.70. The third-order valence-corrected chi connectivity index (χ3v) is 4.22. The van der Waals surface area contributed by atoms with E-state index in [0.29, 0.717) is 0 Å². The van der Waals surface area contributed by atoms with Gasteiger partial charge in [-0.15, -0.1) is 0 Å². The first-order valence-electron chi connectivity index (χ1n) is 7.40. The third kappa shape index (κ3) is 3.37. The summed E-state index contributed by atoms with van der Waals surface area (Å²) < 4.78 is 0. The highest BCUT2D eigenvalue weighted by Crippen LogP contribution is 2.29. The fourth-order valence-electron chi connectivity index (χ4n) is 3.42. The molecule has 1 aromatic carbocycles. The van der Waals surface area contributed by atoms with Crippen LogP contribution in [0.25, 0.3) is 0 Å². The molecular weight excluding hydrogens is 232 g/mol. The van der Waals surface area contributed by atoms with Gasteiger partial charge in [0.25, 0.3) is 0 Å². The molecule has 19 heavy (non-hydrogen) atoms. The van der Waals surface area contributed by atoms with Crippen LogP contribution in [-0.4, -0.2) is 26.2 Å². The average Bonchev–Trinajstić information content (AvgIpc) is 2.19. The van der Waals surface area contributed by atoms with Gasteiger partial charge in [-0.25, -0.2) is 0 Å². The molecule has 2 nitrogen and oxygen atoms in total. The van der Waals surface area contributed by atoms with Gasteiger partial charge in [0, 0.05) is 31.6 Å². The first-order valence-corrected chi connectivity index (χ1v) is 7.40. The molecular formula is C17H28N2. The second-order valence-electron chi connectivity index (χ2n) is 6.81. The van der Waals surface area contributed by atoms with Crippen LogP contribution in [0.4, 0.5) is 0 Å². The summed E-state index contributed by atoms with van der Waals surface area (Å²) >= 11 is 0. The smallest absolute Gasteiger partial charge is 0.00435 e. The van der Waals surface area contributed by atoms with Crippen molar-refractivity contribution in [3.63, 3.8) is 0 Å². The molecule has 1 saturated heterocycles. The molecule has 2 heteroatoms. The Kier molecular flexibility index (Phi) is 4.32. The zero-order valence-electron chi connectivity index (χ0n) is 13.1. The topological polar surface area (TPSA) is 24.1 Å². The van der Waals surface area contributed by atoms with E-state index in [1.165, 1.54) is 35.3 Å². The minimum Gasteiger partial charge on any atom is -0.316 e. The van der Waals surface area contributed by atoms with Crippen LogP contribution in [0, 0.1) is 26.7 Å². The Hall–Kier alpha value is -0.860. The number of hydrogen-bond acceptors (Lipinski definition) is 2. The number of nitrogens with one attached hydrogen (secondary N) is 2. The molecule has 0 bridgehead atoms. The molecule has 0 unspecified atom stereocenters. The molecule has 0 radical (unpaired) electrons. The largest absolute Gasteiger partial charge is 0.316 e. The summed E-state index contributed by atoms with van der Waals surface area (Å²) in [5, 5.41) is 6.98. The molecule has 2 N–H and O–H groups in total. The second-order valence-corrected chi connectivity index (χ2v) is 6.81. The van der Waals surface area contributed by atoms with E-state index in [1.807, 2.05) is 0 Å². The van der Waals surface area contributed by atoms with E-state index >= 15 is 0 Å². The molecule has 0 atom stereocenters. The van der Waals surface area contributed by atoms with Gasteiger partial charge in [-0.05, 0) is 43.4 Å². The van der Waals surface area contributed by atoms with Gasteiger partial charge in [0.15, 0.2) is 0 Å². The molecule has 0 aromatic heterocycles. The van der Waals surface area contributed by atoms with Crippen LogP contribution in [0.2, 0.25) is 0 Å². The van der Waals surface area contributed by atoms with Crippen molar-refractivity contribution in [3.8, 4) is 0 Å². The molecule has 2 rings (SSSR count). The van der Waals surface area contributed by atoms with E-state index < -0.39 is 0 Å². The van der Waals surface area contributed by atoms with E-state index in [9.17, 15) is 0 Å². The lowest BCUT2D eigenvalue weighted by molar-refractivity contribution is 0.319. The Balaban J connectivity index is 2.05. The van der Waals surface area contributed by atoms with Gasteiger partial charge >= 0.3 is 0 Å². The van der Waals surface area contributed by atoms with Crippen LogP contribution in [0.15, 0.2) is 12.1 Å². The number of rotatable bonds is 5. The van der Waals surface area contributed by atoms with E-state index in [0.717, 1.165) is 19.0 Å². The van der Waals surface area contributed by atoms with Crippen molar-refractivity contribution in [2.45, 2.75) is 40.0 Å². The van der Waals surface area contributed by atoms with Crippen LogP contribution in [-0.2, 0) is 5.41 Å². The van der Waals surface area contributed by atoms with E-state index in [-0.39, 0.29) is 5.41 Å². The lowest BCUT2D eigenvalue weighted by atomic mass is 9.78. The lowest BCUT2D eigenvalue weighted by Gasteiger charge is -2.32. The van der Waals surface area contributed by atoms with E-state index in [2.05, 4.69) is 57.4 Å². The molecule has 106 valence electrons. The van der Waals surface area contributed by atoms with E-state index in [1.54, 1.807) is 0 Å². The van der Waals surface area contributed by atoms with Crippen LogP contribution in [0.3, 0.4) is 0 Å². The zero-order chi connectivity index (χ0) is 14.0. The molecule has 0 spiro atoms. The fourth-order valence-corrected chi connectivity index (χ4v) is 3.42. The average molecular weight is 260 g/mol. The summed E-state index contributed by atoms with van der Waals surface area (Å²) in [6.07, 6.45) is 0. The third-order valence-electron chi connectivity index (χ3n) is 4.22. The maximum atomic E-state index is 3.66. The Morgan fingerprint density at radius 3 is 2.21 bits per heavy atom.